The third-order valence-corrected chi connectivity index (χ3v) is 8.77. The third kappa shape index (κ3) is 2.28. The molecule has 24 heavy (non-hydrogen) atoms. The first-order valence-corrected chi connectivity index (χ1v) is 9.83. The van der Waals surface area contributed by atoms with Gasteiger partial charge in [-0.25, -0.2) is 0 Å². The van der Waals surface area contributed by atoms with Crippen LogP contribution in [0.3, 0.4) is 0 Å². The van der Waals surface area contributed by atoms with Gasteiger partial charge < -0.3 is 0 Å². The molecule has 8 heteroatoms. The number of amides is 3. The smallest absolute Gasteiger partial charge is 0.270 e. The Morgan fingerprint density at radius 1 is 1.04 bits per heavy atom. The molecule has 0 radical (unpaired) electrons. The van der Waals surface area contributed by atoms with Crippen LogP contribution in [0.1, 0.15) is 16.8 Å². The summed E-state index contributed by atoms with van der Waals surface area (Å²) < 4.78 is 0. The van der Waals surface area contributed by atoms with E-state index in [4.69, 9.17) is 11.6 Å². The second-order valence-electron chi connectivity index (χ2n) is 6.46. The number of fused-ring (bicyclic) bond motifs is 5. The fraction of sp³-hybridized carbons (Fsp3) is 0.438. The van der Waals surface area contributed by atoms with Crippen molar-refractivity contribution in [2.24, 2.45) is 23.7 Å². The Labute approximate surface area is 160 Å². The second-order valence-corrected chi connectivity index (χ2v) is 9.01. The van der Waals surface area contributed by atoms with E-state index in [0.717, 1.165) is 11.4 Å². The minimum atomic E-state index is -0.494. The Hall–Kier alpha value is -0.920. The molecule has 1 aromatic rings. The molecule has 1 saturated heterocycles. The zero-order valence-corrected chi connectivity index (χ0v) is 16.2. The van der Waals surface area contributed by atoms with Gasteiger partial charge in [0.05, 0.1) is 11.8 Å². The number of nitrogens with zero attached hydrogens (tertiary/aromatic N) is 1. The van der Waals surface area contributed by atoms with Crippen molar-refractivity contribution in [2.75, 3.05) is 0 Å². The Kier molecular flexibility index (Phi) is 4.01. The average Bonchev–Trinajstić information content (AvgIpc) is 3.16. The molecule has 2 bridgehead atoms. The highest BCUT2D eigenvalue weighted by Gasteiger charge is 2.66. The van der Waals surface area contributed by atoms with Crippen molar-refractivity contribution in [3.8, 4) is 0 Å². The fourth-order valence-electron chi connectivity index (χ4n) is 4.23. The van der Waals surface area contributed by atoms with Gasteiger partial charge in [-0.05, 0) is 42.5 Å². The summed E-state index contributed by atoms with van der Waals surface area (Å²) >= 11 is 13.1. The first kappa shape index (κ1) is 16.5. The number of carbonyl (C=O) groups is 3. The van der Waals surface area contributed by atoms with Crippen LogP contribution in [-0.4, -0.2) is 32.4 Å². The minimum Gasteiger partial charge on any atom is -0.272 e. The number of hydrogen-bond acceptors (Lipinski definition) is 3. The van der Waals surface area contributed by atoms with E-state index in [0.29, 0.717) is 10.6 Å². The van der Waals surface area contributed by atoms with Crippen LogP contribution in [0, 0.1) is 23.7 Å². The summed E-state index contributed by atoms with van der Waals surface area (Å²) in [5.74, 6) is -1.53. The average molecular weight is 477 g/mol. The van der Waals surface area contributed by atoms with E-state index in [1.807, 2.05) is 0 Å². The van der Waals surface area contributed by atoms with E-state index in [-0.39, 0.29) is 45.1 Å². The second kappa shape index (κ2) is 5.81. The zero-order chi connectivity index (χ0) is 17.2. The van der Waals surface area contributed by atoms with Crippen LogP contribution in [-0.2, 0) is 9.59 Å². The molecule has 3 aliphatic rings. The first-order chi connectivity index (χ1) is 11.4. The monoisotopic (exact) mass is 474 g/mol. The van der Waals surface area contributed by atoms with Gasteiger partial charge >= 0.3 is 0 Å². The summed E-state index contributed by atoms with van der Waals surface area (Å²) in [6.07, 6.45) is 0.859. The Morgan fingerprint density at radius 3 is 2.04 bits per heavy atom. The number of hydrogen-bond donors (Lipinski definition) is 1. The summed E-state index contributed by atoms with van der Waals surface area (Å²) in [5, 5.41) is 1.42. The van der Waals surface area contributed by atoms with Crippen molar-refractivity contribution in [3.05, 3.63) is 34.9 Å². The number of hydrazine groups is 1. The predicted octanol–water partition coefficient (Wildman–Crippen LogP) is 2.76. The van der Waals surface area contributed by atoms with Crippen molar-refractivity contribution in [3.63, 3.8) is 0 Å². The van der Waals surface area contributed by atoms with Gasteiger partial charge in [0.15, 0.2) is 0 Å². The number of imide groups is 1. The maximum Gasteiger partial charge on any atom is 0.270 e. The number of nitrogens with one attached hydrogen (secondary N) is 1. The quantitative estimate of drug-likeness (QED) is 0.527. The molecule has 0 unspecified atom stereocenters. The molecule has 126 valence electrons. The number of carbonyl (C=O) groups excluding carboxylic acids is 3. The molecule has 6 atom stereocenters. The lowest BCUT2D eigenvalue weighted by atomic mass is 9.81. The summed E-state index contributed by atoms with van der Waals surface area (Å²) in [5.41, 5.74) is 2.81. The lowest BCUT2D eigenvalue weighted by molar-refractivity contribution is -0.143. The highest BCUT2D eigenvalue weighted by atomic mass is 79.9. The van der Waals surface area contributed by atoms with Crippen LogP contribution in [0.25, 0.3) is 0 Å². The first-order valence-electron chi connectivity index (χ1n) is 7.62. The van der Waals surface area contributed by atoms with Crippen LogP contribution in [0.5, 0.6) is 0 Å². The van der Waals surface area contributed by atoms with Crippen molar-refractivity contribution >= 4 is 61.2 Å². The molecule has 1 N–H and O–H groups in total. The van der Waals surface area contributed by atoms with E-state index in [9.17, 15) is 14.4 Å². The molecule has 1 aromatic carbocycles. The van der Waals surface area contributed by atoms with E-state index in [1.54, 1.807) is 24.3 Å². The highest BCUT2D eigenvalue weighted by Crippen LogP contribution is 2.59. The van der Waals surface area contributed by atoms with Crippen LogP contribution in [0.2, 0.25) is 5.02 Å². The van der Waals surface area contributed by atoms with Crippen LogP contribution >= 0.6 is 43.5 Å². The van der Waals surface area contributed by atoms with Gasteiger partial charge in [0.2, 0.25) is 0 Å². The molecule has 5 nitrogen and oxygen atoms in total. The molecule has 2 saturated carbocycles. The molecule has 3 amide bonds. The van der Waals surface area contributed by atoms with Gasteiger partial charge in [0.25, 0.3) is 17.7 Å². The molecular weight excluding hydrogens is 463 g/mol. The number of rotatable bonds is 2. The summed E-state index contributed by atoms with van der Waals surface area (Å²) in [6, 6.07) is 6.28. The van der Waals surface area contributed by atoms with Gasteiger partial charge in [-0.2, -0.15) is 5.01 Å². The van der Waals surface area contributed by atoms with Crippen molar-refractivity contribution in [1.82, 2.24) is 10.4 Å². The maximum atomic E-state index is 12.7. The lowest BCUT2D eigenvalue weighted by Crippen LogP contribution is -2.47. The minimum absolute atomic E-state index is 0.123. The molecule has 3 fully saturated rings. The SMILES string of the molecule is O=C(NN1C(=O)[C@@H]2[C@H]3C[C@@H]([C@H](Br)[C@@H]3Br)[C@@H]2C1=O)c1ccc(Cl)cc1. The molecule has 4 rings (SSSR count). The zero-order valence-electron chi connectivity index (χ0n) is 12.3. The maximum absolute atomic E-state index is 12.7. The number of benzene rings is 1. The van der Waals surface area contributed by atoms with E-state index < -0.39 is 5.91 Å². The molecule has 1 heterocycles. The van der Waals surface area contributed by atoms with Gasteiger partial charge in [-0.1, -0.05) is 43.5 Å². The number of alkyl halides is 2. The number of halogens is 3. The largest absolute Gasteiger partial charge is 0.272 e. The fourth-order valence-corrected chi connectivity index (χ4v) is 6.23. The molecule has 0 spiro atoms. The van der Waals surface area contributed by atoms with Crippen LogP contribution < -0.4 is 5.43 Å². The molecular formula is C16H13Br2ClN2O3. The summed E-state index contributed by atoms with van der Waals surface area (Å²) in [7, 11) is 0. The van der Waals surface area contributed by atoms with E-state index >= 15 is 0 Å². The lowest BCUT2D eigenvalue weighted by Gasteiger charge is -2.28. The highest BCUT2D eigenvalue weighted by molar-refractivity contribution is 9.12. The van der Waals surface area contributed by atoms with Gasteiger partial charge in [-0.15, -0.1) is 0 Å². The molecule has 2 aliphatic carbocycles. The topological polar surface area (TPSA) is 66.5 Å². The van der Waals surface area contributed by atoms with Crippen LogP contribution in [0.4, 0.5) is 0 Å². The van der Waals surface area contributed by atoms with Crippen molar-refractivity contribution in [2.45, 2.75) is 16.1 Å². The van der Waals surface area contributed by atoms with Gasteiger partial charge in [0.1, 0.15) is 0 Å². The summed E-state index contributed by atoms with van der Waals surface area (Å²) in [4.78, 5) is 38.0. The Bertz CT molecular complexity index is 709. The van der Waals surface area contributed by atoms with E-state index in [2.05, 4.69) is 37.3 Å². The van der Waals surface area contributed by atoms with E-state index in [1.165, 1.54) is 0 Å². The Balaban J connectivity index is 1.55. The molecule has 0 aromatic heterocycles. The van der Waals surface area contributed by atoms with Gasteiger partial charge in [0, 0.05) is 20.2 Å². The normalized spacial score (nSPS) is 37.0. The van der Waals surface area contributed by atoms with Crippen molar-refractivity contribution < 1.29 is 14.4 Å². The third-order valence-electron chi connectivity index (χ3n) is 5.31. The summed E-state index contributed by atoms with van der Waals surface area (Å²) in [6.45, 7) is 0. The van der Waals surface area contributed by atoms with Crippen molar-refractivity contribution in [1.29, 1.82) is 0 Å². The van der Waals surface area contributed by atoms with Gasteiger partial charge in [-0.3, -0.25) is 19.8 Å². The van der Waals surface area contributed by atoms with Crippen LogP contribution in [0.15, 0.2) is 24.3 Å². The standard InChI is InChI=1S/C16H13Br2ClN2O3/c17-12-8-5-9(13(12)18)11-10(8)15(23)21(16(11)24)20-14(22)6-1-3-7(19)4-2-6/h1-4,8-13H,5H2,(H,20,22)/t8-,9-,10-,11+,12-,13+/m1/s1. The Morgan fingerprint density at radius 2 is 1.54 bits per heavy atom. The predicted molar refractivity (Wildman–Crippen MR) is 94.8 cm³/mol. The molecule has 1 aliphatic heterocycles.